The first kappa shape index (κ1) is 26.1. The van der Waals surface area contributed by atoms with Crippen molar-refractivity contribution in [2.45, 2.75) is 55.8 Å². The Morgan fingerprint density at radius 3 is 1.27 bits per heavy atom. The lowest BCUT2D eigenvalue weighted by molar-refractivity contribution is 0.0367. The monoisotopic (exact) mass is 580 g/mol. The highest BCUT2D eigenvalue weighted by Crippen LogP contribution is 2.63. The third-order valence-electron chi connectivity index (χ3n) is 12.8. The number of fused-ring (bicyclic) bond motifs is 8. The van der Waals surface area contributed by atoms with E-state index in [4.69, 9.17) is 0 Å². The molecule has 0 heterocycles. The second-order valence-electron chi connectivity index (χ2n) is 15.0. The van der Waals surface area contributed by atoms with E-state index in [1.807, 2.05) is 0 Å². The summed E-state index contributed by atoms with van der Waals surface area (Å²) in [4.78, 5) is 0. The molecule has 220 valence electrons. The number of hydrogen-bond acceptors (Lipinski definition) is 0. The molecule has 2 fully saturated rings. The summed E-state index contributed by atoms with van der Waals surface area (Å²) in [6, 6.07) is 32.8. The van der Waals surface area contributed by atoms with Crippen LogP contribution < -0.4 is 0 Å². The minimum atomic E-state index is 0.160. The molecule has 0 saturated heterocycles. The first-order valence-electron chi connectivity index (χ1n) is 17.3. The SMILES string of the molecule is C1=CC(C2(c3cccc4c3Cc3ccccc3-4)CC3CC(C2)CC(c2cccc4c2Cc2ccccc2-4)(C2C=CC=C2)C3)C=C1. The van der Waals surface area contributed by atoms with Gasteiger partial charge in [0.1, 0.15) is 0 Å². The summed E-state index contributed by atoms with van der Waals surface area (Å²) in [6.07, 6.45) is 28.1. The van der Waals surface area contributed by atoms with Crippen LogP contribution in [-0.2, 0) is 23.7 Å². The van der Waals surface area contributed by atoms with E-state index < -0.39 is 0 Å². The average molecular weight is 581 g/mol. The predicted octanol–water partition coefficient (Wildman–Crippen LogP) is 10.7. The van der Waals surface area contributed by atoms with E-state index in [2.05, 4.69) is 134 Å². The summed E-state index contributed by atoms with van der Waals surface area (Å²) in [5.74, 6) is 2.38. The molecule has 4 aromatic carbocycles. The first-order valence-corrected chi connectivity index (χ1v) is 17.3. The zero-order chi connectivity index (χ0) is 29.6. The average Bonchev–Trinajstić information content (AvgIpc) is 3.90. The van der Waals surface area contributed by atoms with Gasteiger partial charge in [-0.25, -0.2) is 0 Å². The van der Waals surface area contributed by atoms with Crippen molar-refractivity contribution in [2.75, 3.05) is 0 Å². The van der Waals surface area contributed by atoms with Crippen molar-refractivity contribution >= 4 is 0 Å². The van der Waals surface area contributed by atoms with Gasteiger partial charge in [0.05, 0.1) is 0 Å². The van der Waals surface area contributed by atoms with Crippen molar-refractivity contribution in [3.63, 3.8) is 0 Å². The Hall–Kier alpha value is -4.16. The molecule has 0 unspecified atom stereocenters. The summed E-state index contributed by atoms with van der Waals surface area (Å²) < 4.78 is 0. The number of hydrogen-bond donors (Lipinski definition) is 0. The zero-order valence-electron chi connectivity index (χ0n) is 26.0. The van der Waals surface area contributed by atoms with E-state index in [0.717, 1.165) is 12.8 Å². The van der Waals surface area contributed by atoms with Crippen LogP contribution in [0.5, 0.6) is 0 Å². The summed E-state index contributed by atoms with van der Waals surface area (Å²) in [7, 11) is 0. The van der Waals surface area contributed by atoms with Crippen LogP contribution in [0.2, 0.25) is 0 Å². The molecule has 6 aliphatic carbocycles. The molecule has 0 aliphatic heterocycles. The van der Waals surface area contributed by atoms with Crippen molar-refractivity contribution in [2.24, 2.45) is 23.7 Å². The summed E-state index contributed by atoms with van der Waals surface area (Å²) in [6.45, 7) is 0. The highest BCUT2D eigenvalue weighted by molar-refractivity contribution is 5.79. The maximum Gasteiger partial charge on any atom is 0.00589 e. The largest absolute Gasteiger partial charge is 0.0767 e. The van der Waals surface area contributed by atoms with Crippen molar-refractivity contribution in [3.8, 4) is 22.3 Å². The zero-order valence-corrected chi connectivity index (χ0v) is 26.0. The minimum absolute atomic E-state index is 0.160. The molecule has 45 heavy (non-hydrogen) atoms. The van der Waals surface area contributed by atoms with Crippen LogP contribution in [0.15, 0.2) is 134 Å². The second-order valence-corrected chi connectivity index (χ2v) is 15.0. The molecule has 4 aromatic rings. The number of rotatable bonds is 4. The fraction of sp³-hybridized carbons (Fsp3) is 0.289. The fourth-order valence-electron chi connectivity index (χ4n) is 11.4. The Morgan fingerprint density at radius 2 is 0.822 bits per heavy atom. The standard InChI is InChI=1S/C45H40/c1-7-17-36-32(11-1)24-40-38(36)19-9-21-42(40)44(34-13-3-4-14-34)26-30-23-31(27-44)29-45(28-30,35-15-5-6-16-35)43-22-10-20-39-37-18-8-2-12-33(37)25-41(39)43/h1-22,30-31,34-35H,23-29H2. The van der Waals surface area contributed by atoms with Gasteiger partial charge in [-0.05, 0) is 112 Å². The van der Waals surface area contributed by atoms with Gasteiger partial charge >= 0.3 is 0 Å². The Balaban J connectivity index is 1.09. The molecule has 0 spiro atoms. The van der Waals surface area contributed by atoms with Gasteiger partial charge in [0.2, 0.25) is 0 Å². The maximum atomic E-state index is 2.53. The predicted molar refractivity (Wildman–Crippen MR) is 186 cm³/mol. The van der Waals surface area contributed by atoms with Crippen LogP contribution in [0, 0.1) is 23.7 Å². The van der Waals surface area contributed by atoms with Crippen LogP contribution in [0.1, 0.15) is 65.5 Å². The Kier molecular flexibility index (Phi) is 5.61. The van der Waals surface area contributed by atoms with E-state index in [9.17, 15) is 0 Å². The summed E-state index contributed by atoms with van der Waals surface area (Å²) in [5.41, 5.74) is 15.7. The molecule has 0 nitrogen and oxygen atoms in total. The van der Waals surface area contributed by atoms with E-state index >= 15 is 0 Å². The topological polar surface area (TPSA) is 0 Å². The van der Waals surface area contributed by atoms with Gasteiger partial charge in [0, 0.05) is 22.7 Å². The number of benzene rings is 4. The van der Waals surface area contributed by atoms with Crippen molar-refractivity contribution in [3.05, 3.63) is 167 Å². The van der Waals surface area contributed by atoms with Crippen LogP contribution in [-0.4, -0.2) is 0 Å². The van der Waals surface area contributed by atoms with E-state index in [0.29, 0.717) is 23.7 Å². The smallest absolute Gasteiger partial charge is 0.00589 e. The molecule has 0 atom stereocenters. The first-order chi connectivity index (χ1) is 22.2. The molecular formula is C45H40. The van der Waals surface area contributed by atoms with Crippen LogP contribution in [0.25, 0.3) is 22.3 Å². The molecule has 0 amide bonds. The van der Waals surface area contributed by atoms with Gasteiger partial charge < -0.3 is 0 Å². The van der Waals surface area contributed by atoms with Gasteiger partial charge in [-0.1, -0.05) is 134 Å². The molecule has 2 saturated carbocycles. The Morgan fingerprint density at radius 1 is 0.422 bits per heavy atom. The van der Waals surface area contributed by atoms with E-state index in [1.54, 1.807) is 22.3 Å². The summed E-state index contributed by atoms with van der Waals surface area (Å²) in [5, 5.41) is 0. The van der Waals surface area contributed by atoms with Gasteiger partial charge in [-0.3, -0.25) is 0 Å². The molecule has 6 aliphatic rings. The number of allylic oxidation sites excluding steroid dienone is 8. The fourth-order valence-corrected chi connectivity index (χ4v) is 11.4. The molecule has 0 radical (unpaired) electrons. The quantitative estimate of drug-likeness (QED) is 0.195. The molecule has 0 heteroatoms. The van der Waals surface area contributed by atoms with Crippen molar-refractivity contribution in [1.29, 1.82) is 0 Å². The van der Waals surface area contributed by atoms with Gasteiger partial charge in [0.25, 0.3) is 0 Å². The lowest BCUT2D eigenvalue weighted by atomic mass is 9.47. The maximum absolute atomic E-state index is 2.53. The lowest BCUT2D eigenvalue weighted by Gasteiger charge is -2.57. The third-order valence-corrected chi connectivity index (χ3v) is 12.8. The van der Waals surface area contributed by atoms with Gasteiger partial charge in [0.15, 0.2) is 0 Å². The second kappa shape index (κ2) is 9.67. The van der Waals surface area contributed by atoms with Crippen molar-refractivity contribution in [1.82, 2.24) is 0 Å². The molecule has 2 bridgehead atoms. The normalized spacial score (nSPS) is 28.8. The van der Waals surface area contributed by atoms with Crippen LogP contribution >= 0.6 is 0 Å². The Labute approximate surface area is 267 Å². The highest BCUT2D eigenvalue weighted by Gasteiger charge is 2.55. The molecular weight excluding hydrogens is 540 g/mol. The minimum Gasteiger partial charge on any atom is -0.0767 e. The van der Waals surface area contributed by atoms with Gasteiger partial charge in [-0.15, -0.1) is 0 Å². The van der Waals surface area contributed by atoms with Crippen LogP contribution in [0.3, 0.4) is 0 Å². The summed E-state index contributed by atoms with van der Waals surface area (Å²) >= 11 is 0. The third kappa shape index (κ3) is 3.72. The lowest BCUT2D eigenvalue weighted by Crippen LogP contribution is -2.50. The van der Waals surface area contributed by atoms with Gasteiger partial charge in [-0.2, -0.15) is 0 Å². The van der Waals surface area contributed by atoms with Crippen molar-refractivity contribution < 1.29 is 0 Å². The molecule has 10 rings (SSSR count). The van der Waals surface area contributed by atoms with Crippen LogP contribution in [0.4, 0.5) is 0 Å². The highest BCUT2D eigenvalue weighted by atomic mass is 14.6. The van der Waals surface area contributed by atoms with E-state index in [1.165, 1.54) is 65.5 Å². The molecule has 0 N–H and O–H groups in total. The van der Waals surface area contributed by atoms with E-state index in [-0.39, 0.29) is 10.8 Å². The molecule has 0 aromatic heterocycles. The Bertz CT molecular complexity index is 1800.